The molecule has 25 heavy (non-hydrogen) atoms. The van der Waals surface area contributed by atoms with E-state index in [0.717, 1.165) is 5.57 Å². The molecule has 0 fully saturated rings. The number of carbonyl (C=O) groups is 1. The molecule has 0 saturated carbocycles. The summed E-state index contributed by atoms with van der Waals surface area (Å²) in [4.78, 5) is 17.4. The molecule has 1 atom stereocenters. The number of nitrogens with zero attached hydrogens (tertiary/aromatic N) is 2. The molecule has 1 rings (SSSR count). The van der Waals surface area contributed by atoms with Gasteiger partial charge in [0.25, 0.3) is 0 Å². The molecule has 6 nitrogen and oxygen atoms in total. The van der Waals surface area contributed by atoms with E-state index in [-0.39, 0.29) is 24.4 Å². The molecular weight excluding hydrogens is 323 g/mol. The second-order valence-electron chi connectivity index (χ2n) is 6.03. The van der Waals surface area contributed by atoms with Crippen molar-refractivity contribution in [1.29, 1.82) is 0 Å². The van der Waals surface area contributed by atoms with Crippen LogP contribution < -0.4 is 15.4 Å². The summed E-state index contributed by atoms with van der Waals surface area (Å²) < 4.78 is 18.8. The van der Waals surface area contributed by atoms with E-state index in [1.807, 2.05) is 13.8 Å². The van der Waals surface area contributed by atoms with Crippen molar-refractivity contribution in [3.63, 3.8) is 0 Å². The lowest BCUT2D eigenvalue weighted by Crippen LogP contribution is -2.43. The smallest absolute Gasteiger partial charge is 0.243 e. The van der Waals surface area contributed by atoms with E-state index in [9.17, 15) is 9.18 Å². The van der Waals surface area contributed by atoms with Crippen LogP contribution in [0.2, 0.25) is 0 Å². The zero-order chi connectivity index (χ0) is 18.8. The minimum Gasteiger partial charge on any atom is -0.489 e. The van der Waals surface area contributed by atoms with E-state index in [1.165, 1.54) is 17.0 Å². The zero-order valence-electron chi connectivity index (χ0n) is 15.3. The summed E-state index contributed by atoms with van der Waals surface area (Å²) >= 11 is 0. The van der Waals surface area contributed by atoms with Crippen LogP contribution in [0.4, 0.5) is 4.39 Å². The normalized spacial score (nSPS) is 12.3. The number of hydrogen-bond acceptors (Lipinski definition) is 3. The minimum atomic E-state index is -0.342. The minimum absolute atomic E-state index is 0.0393. The molecule has 0 aromatic heterocycles. The highest BCUT2D eigenvalue weighted by atomic mass is 19.1. The second kappa shape index (κ2) is 10.3. The largest absolute Gasteiger partial charge is 0.489 e. The number of aliphatic imine (C=N–C) groups is 1. The Morgan fingerprint density at radius 2 is 2.12 bits per heavy atom. The van der Waals surface area contributed by atoms with Crippen molar-refractivity contribution in [2.45, 2.75) is 20.0 Å². The van der Waals surface area contributed by atoms with Crippen LogP contribution in [0.3, 0.4) is 0 Å². The number of guanidine groups is 1. The lowest BCUT2D eigenvalue weighted by molar-refractivity contribution is -0.127. The highest BCUT2D eigenvalue weighted by Gasteiger charge is 2.08. The van der Waals surface area contributed by atoms with Gasteiger partial charge in [0.1, 0.15) is 24.2 Å². The van der Waals surface area contributed by atoms with Gasteiger partial charge >= 0.3 is 0 Å². The maximum atomic E-state index is 13.2. The Balaban J connectivity index is 2.58. The van der Waals surface area contributed by atoms with Crippen LogP contribution in [0.5, 0.6) is 5.75 Å². The van der Waals surface area contributed by atoms with E-state index in [1.54, 1.807) is 26.2 Å². The van der Waals surface area contributed by atoms with Crippen molar-refractivity contribution in [1.82, 2.24) is 15.5 Å². The Morgan fingerprint density at radius 1 is 1.40 bits per heavy atom. The van der Waals surface area contributed by atoms with Crippen LogP contribution in [0.15, 0.2) is 41.4 Å². The van der Waals surface area contributed by atoms with Gasteiger partial charge in [-0.25, -0.2) is 9.38 Å². The van der Waals surface area contributed by atoms with Crippen molar-refractivity contribution in [3.8, 4) is 5.75 Å². The zero-order valence-corrected chi connectivity index (χ0v) is 15.3. The first-order valence-corrected chi connectivity index (χ1v) is 8.07. The summed E-state index contributed by atoms with van der Waals surface area (Å²) in [6.45, 7) is 8.61. The predicted molar refractivity (Wildman–Crippen MR) is 98.3 cm³/mol. The number of likely N-dealkylation sites (N-methyl/N-ethyl adjacent to an activating group) is 1. The Kier molecular flexibility index (Phi) is 8.46. The van der Waals surface area contributed by atoms with Crippen molar-refractivity contribution >= 4 is 11.9 Å². The quantitative estimate of drug-likeness (QED) is 0.426. The summed E-state index contributed by atoms with van der Waals surface area (Å²) in [7, 11) is 3.36. The lowest BCUT2D eigenvalue weighted by atomic mass is 10.3. The van der Waals surface area contributed by atoms with Crippen LogP contribution in [0, 0.1) is 5.82 Å². The topological polar surface area (TPSA) is 66.0 Å². The van der Waals surface area contributed by atoms with Crippen LogP contribution in [0.1, 0.15) is 13.8 Å². The van der Waals surface area contributed by atoms with Crippen molar-refractivity contribution < 1.29 is 13.9 Å². The molecule has 138 valence electrons. The van der Waals surface area contributed by atoms with Crippen LogP contribution >= 0.6 is 0 Å². The van der Waals surface area contributed by atoms with Gasteiger partial charge in [-0.05, 0) is 26.0 Å². The van der Waals surface area contributed by atoms with Crippen molar-refractivity contribution in [3.05, 3.63) is 42.2 Å². The van der Waals surface area contributed by atoms with Gasteiger partial charge in [0.15, 0.2) is 5.96 Å². The van der Waals surface area contributed by atoms with Crippen LogP contribution in [-0.4, -0.2) is 56.6 Å². The van der Waals surface area contributed by atoms with Crippen molar-refractivity contribution in [2.24, 2.45) is 4.99 Å². The van der Waals surface area contributed by atoms with E-state index < -0.39 is 0 Å². The molecule has 2 N–H and O–H groups in total. The van der Waals surface area contributed by atoms with E-state index in [0.29, 0.717) is 24.8 Å². The number of halogens is 1. The maximum Gasteiger partial charge on any atom is 0.243 e. The standard InChI is InChI=1S/C18H27FN4O2/c1-13(2)10-20-18(22-12-17(24)23(4)5)21-11-14(3)25-16-8-6-7-15(19)9-16/h6-9,14H,1,10-12H2,2-5H3,(H2,20,21,22). The number of nitrogens with one attached hydrogen (secondary N) is 2. The number of rotatable bonds is 8. The molecule has 0 bridgehead atoms. The number of benzene rings is 1. The van der Waals surface area contributed by atoms with Gasteiger partial charge in [0, 0.05) is 26.7 Å². The molecule has 7 heteroatoms. The first kappa shape index (κ1) is 20.5. The fourth-order valence-corrected chi connectivity index (χ4v) is 1.75. The lowest BCUT2D eigenvalue weighted by Gasteiger charge is -2.18. The first-order valence-electron chi connectivity index (χ1n) is 8.07. The molecule has 0 aliphatic carbocycles. The highest BCUT2D eigenvalue weighted by Crippen LogP contribution is 2.13. The monoisotopic (exact) mass is 350 g/mol. The molecule has 1 aromatic rings. The van der Waals surface area contributed by atoms with Crippen LogP contribution in [-0.2, 0) is 4.79 Å². The fourth-order valence-electron chi connectivity index (χ4n) is 1.75. The summed E-state index contributed by atoms with van der Waals surface area (Å²) in [5.41, 5.74) is 0.942. The van der Waals surface area contributed by atoms with Crippen molar-refractivity contribution in [2.75, 3.05) is 33.7 Å². The molecule has 1 unspecified atom stereocenters. The Labute approximate surface area is 148 Å². The van der Waals surface area contributed by atoms with Gasteiger partial charge in [-0.15, -0.1) is 0 Å². The van der Waals surface area contributed by atoms with Gasteiger partial charge in [0.2, 0.25) is 5.91 Å². The molecule has 0 aliphatic heterocycles. The molecule has 1 aromatic carbocycles. The van der Waals surface area contributed by atoms with Crippen LogP contribution in [0.25, 0.3) is 0 Å². The number of carbonyl (C=O) groups excluding carboxylic acids is 1. The predicted octanol–water partition coefficient (Wildman–Crippen LogP) is 1.79. The average Bonchev–Trinajstić information content (AvgIpc) is 2.53. The second-order valence-corrected chi connectivity index (χ2v) is 6.03. The third-order valence-electron chi connectivity index (χ3n) is 3.12. The summed E-state index contributed by atoms with van der Waals surface area (Å²) in [5.74, 6) is 0.518. The molecule has 1 amide bonds. The van der Waals surface area contributed by atoms with E-state index in [4.69, 9.17) is 4.74 Å². The SMILES string of the molecule is C=C(C)CNC(=NCC(=O)N(C)C)NCC(C)Oc1cccc(F)c1. The van der Waals surface area contributed by atoms with E-state index >= 15 is 0 Å². The van der Waals surface area contributed by atoms with E-state index in [2.05, 4.69) is 22.2 Å². The summed E-state index contributed by atoms with van der Waals surface area (Å²) in [5, 5.41) is 6.21. The average molecular weight is 350 g/mol. The summed E-state index contributed by atoms with van der Waals surface area (Å²) in [6.07, 6.45) is -0.219. The molecule has 0 radical (unpaired) electrons. The Morgan fingerprint density at radius 3 is 2.72 bits per heavy atom. The molecule has 0 heterocycles. The third kappa shape index (κ3) is 8.74. The number of ether oxygens (including phenoxy) is 1. The molecule has 0 saturated heterocycles. The van der Waals surface area contributed by atoms with Gasteiger partial charge in [-0.2, -0.15) is 0 Å². The third-order valence-corrected chi connectivity index (χ3v) is 3.12. The maximum absolute atomic E-state index is 13.2. The highest BCUT2D eigenvalue weighted by molar-refractivity contribution is 5.84. The Bertz CT molecular complexity index is 617. The summed E-state index contributed by atoms with van der Waals surface area (Å²) in [6, 6.07) is 5.99. The fraction of sp³-hybridized carbons (Fsp3) is 0.444. The Hall–Kier alpha value is -2.57. The molecular formula is C18H27FN4O2. The van der Waals surface area contributed by atoms with Gasteiger partial charge in [-0.3, -0.25) is 4.79 Å². The van der Waals surface area contributed by atoms with Gasteiger partial charge < -0.3 is 20.3 Å². The molecule has 0 spiro atoms. The number of amides is 1. The number of hydrogen-bond donors (Lipinski definition) is 2. The molecule has 0 aliphatic rings. The van der Waals surface area contributed by atoms with Gasteiger partial charge in [-0.1, -0.05) is 18.2 Å². The van der Waals surface area contributed by atoms with Gasteiger partial charge in [0.05, 0.1) is 6.54 Å². The first-order chi connectivity index (χ1) is 11.8.